The molecule has 0 fully saturated rings. The van der Waals surface area contributed by atoms with Crippen molar-refractivity contribution in [2.45, 2.75) is 13.8 Å². The third-order valence-electron chi connectivity index (χ3n) is 10.8. The molecule has 294 valence electrons. The van der Waals surface area contributed by atoms with Gasteiger partial charge in [0.05, 0.1) is 0 Å². The number of benzene rings is 7. The molecule has 0 unspecified atom stereocenters. The summed E-state index contributed by atoms with van der Waals surface area (Å²) in [6, 6.07) is 64.2. The van der Waals surface area contributed by atoms with Gasteiger partial charge in [-0.15, -0.1) is 0 Å². The maximum atomic E-state index is 5.10. The first-order valence-corrected chi connectivity index (χ1v) is 20.5. The molecule has 0 aliphatic heterocycles. The van der Waals surface area contributed by atoms with Gasteiger partial charge in [-0.2, -0.15) is 0 Å². The highest BCUT2D eigenvalue weighted by molar-refractivity contribution is 5.88. The van der Waals surface area contributed by atoms with Crippen molar-refractivity contribution in [2.75, 3.05) is 0 Å². The molecule has 10 rings (SSSR count). The zero-order valence-electron chi connectivity index (χ0n) is 34.2. The van der Waals surface area contributed by atoms with Gasteiger partial charge in [0, 0.05) is 51.3 Å². The van der Waals surface area contributed by atoms with Gasteiger partial charge in [-0.25, -0.2) is 29.9 Å². The van der Waals surface area contributed by atoms with E-state index >= 15 is 0 Å². The summed E-state index contributed by atoms with van der Waals surface area (Å²) >= 11 is 0. The highest BCUT2D eigenvalue weighted by Crippen LogP contribution is 2.38. The quantitative estimate of drug-likeness (QED) is 0.144. The third-order valence-corrected chi connectivity index (χ3v) is 10.8. The van der Waals surface area contributed by atoms with Crippen LogP contribution in [0.5, 0.6) is 0 Å². The number of hydrogen-bond acceptors (Lipinski definition) is 7. The molecule has 3 aromatic heterocycles. The van der Waals surface area contributed by atoms with E-state index in [-0.39, 0.29) is 0 Å². The van der Waals surface area contributed by atoms with Gasteiger partial charge < -0.3 is 0 Å². The number of aromatic nitrogens is 7. The Balaban J connectivity index is 1.08. The van der Waals surface area contributed by atoms with E-state index < -0.39 is 0 Å². The van der Waals surface area contributed by atoms with Crippen LogP contribution < -0.4 is 0 Å². The fourth-order valence-electron chi connectivity index (χ4n) is 7.49. The van der Waals surface area contributed by atoms with Crippen LogP contribution >= 0.6 is 0 Å². The summed E-state index contributed by atoms with van der Waals surface area (Å²) in [5.41, 5.74) is 14.0. The molecule has 7 nitrogen and oxygen atoms in total. The summed E-state index contributed by atoms with van der Waals surface area (Å²) in [4.78, 5) is 34.5. The Morgan fingerprint density at radius 1 is 0.258 bits per heavy atom. The smallest absolute Gasteiger partial charge is 0.164 e. The summed E-state index contributed by atoms with van der Waals surface area (Å²) in [5.74, 6) is 3.70. The molecule has 0 N–H and O–H groups in total. The fourth-order valence-corrected chi connectivity index (χ4v) is 7.49. The van der Waals surface area contributed by atoms with E-state index in [2.05, 4.69) is 134 Å². The van der Waals surface area contributed by atoms with Crippen molar-refractivity contribution in [2.24, 2.45) is 0 Å². The number of hydrogen-bond donors (Lipinski definition) is 0. The Hall–Kier alpha value is -8.29. The van der Waals surface area contributed by atoms with Crippen molar-refractivity contribution in [3.63, 3.8) is 0 Å². The second kappa shape index (κ2) is 16.8. The molecule has 7 aromatic carbocycles. The number of aryl methyl sites for hydroxylation is 2. The number of rotatable bonds is 9. The predicted molar refractivity (Wildman–Crippen MR) is 249 cm³/mol. The van der Waals surface area contributed by atoms with Crippen molar-refractivity contribution >= 4 is 0 Å². The van der Waals surface area contributed by atoms with Gasteiger partial charge in [0.25, 0.3) is 0 Å². The van der Waals surface area contributed by atoms with Crippen LogP contribution in [0.2, 0.25) is 0 Å². The summed E-state index contributed by atoms with van der Waals surface area (Å²) < 4.78 is 0. The minimum absolute atomic E-state index is 0.596. The van der Waals surface area contributed by atoms with Crippen molar-refractivity contribution in [3.8, 4) is 102 Å². The molecule has 0 bridgehead atoms. The van der Waals surface area contributed by atoms with Gasteiger partial charge in [-0.3, -0.25) is 4.98 Å². The normalized spacial score (nSPS) is 11.1. The third kappa shape index (κ3) is 8.03. The van der Waals surface area contributed by atoms with Crippen LogP contribution in [0.25, 0.3) is 102 Å². The van der Waals surface area contributed by atoms with Gasteiger partial charge in [-0.05, 0) is 65.9 Å². The van der Waals surface area contributed by atoms with Crippen molar-refractivity contribution in [3.05, 3.63) is 212 Å². The first-order valence-electron chi connectivity index (χ1n) is 20.5. The summed E-state index contributed by atoms with van der Waals surface area (Å²) in [6.07, 6.45) is 3.70. The minimum Gasteiger partial charge on any atom is -0.264 e. The summed E-state index contributed by atoms with van der Waals surface area (Å²) in [7, 11) is 0. The van der Waals surface area contributed by atoms with E-state index in [1.165, 1.54) is 11.1 Å². The molecule has 3 heterocycles. The van der Waals surface area contributed by atoms with Crippen LogP contribution in [0.15, 0.2) is 200 Å². The molecule has 0 saturated heterocycles. The monoisotopic (exact) mass is 797 g/mol. The second-order valence-electron chi connectivity index (χ2n) is 15.2. The van der Waals surface area contributed by atoms with Crippen molar-refractivity contribution < 1.29 is 0 Å². The van der Waals surface area contributed by atoms with Crippen LogP contribution in [-0.4, -0.2) is 34.9 Å². The highest BCUT2D eigenvalue weighted by atomic mass is 15.0. The molecule has 62 heavy (non-hydrogen) atoms. The maximum absolute atomic E-state index is 5.10. The minimum atomic E-state index is 0.596. The molecule has 0 amide bonds. The van der Waals surface area contributed by atoms with Crippen molar-refractivity contribution in [1.82, 2.24) is 34.9 Å². The summed E-state index contributed by atoms with van der Waals surface area (Å²) in [5, 5.41) is 0. The number of pyridine rings is 1. The average molecular weight is 798 g/mol. The molecule has 0 aliphatic rings. The molecule has 0 radical (unpaired) electrons. The fraction of sp³-hybridized carbons (Fsp3) is 0.0364. The molecule has 0 saturated carbocycles. The second-order valence-corrected chi connectivity index (χ2v) is 15.2. The maximum Gasteiger partial charge on any atom is 0.164 e. The lowest BCUT2D eigenvalue weighted by atomic mass is 9.91. The van der Waals surface area contributed by atoms with Crippen LogP contribution in [0.1, 0.15) is 11.1 Å². The standard InChI is InChI=1S/C55H39N7/c1-36-19-23-41(24-20-36)52-58-53(42-25-21-37(2)22-26-42)60-54(59-52)43-29-27-38(28-30-43)45-32-46(44-16-11-31-56-35-44)34-47(33-45)48-17-9-10-18-49(48)55-61-50(39-12-5-3-6-13-39)57-51(62-55)40-14-7-4-8-15-40/h3-35H,1-2H3. The Morgan fingerprint density at radius 3 is 1.08 bits per heavy atom. The summed E-state index contributed by atoms with van der Waals surface area (Å²) in [6.45, 7) is 4.16. The van der Waals surface area contributed by atoms with Gasteiger partial charge in [0.1, 0.15) is 0 Å². The van der Waals surface area contributed by atoms with Crippen LogP contribution in [-0.2, 0) is 0 Å². The predicted octanol–water partition coefficient (Wildman–Crippen LogP) is 13.1. The lowest BCUT2D eigenvalue weighted by molar-refractivity contribution is 1.07. The van der Waals surface area contributed by atoms with Gasteiger partial charge in [0.15, 0.2) is 34.9 Å². The Morgan fingerprint density at radius 2 is 0.613 bits per heavy atom. The SMILES string of the molecule is Cc1ccc(-c2nc(-c3ccc(C)cc3)nc(-c3ccc(-c4cc(-c5cccnc5)cc(-c5ccccc5-c5nc(-c6ccccc6)nc(-c6ccccc6)n5)c4)cc3)n2)cc1. The molecule has 0 spiro atoms. The molecule has 7 heteroatoms. The Labute approximate surface area is 360 Å². The molecular weight excluding hydrogens is 759 g/mol. The largest absolute Gasteiger partial charge is 0.264 e. The van der Waals surface area contributed by atoms with Gasteiger partial charge in [-0.1, -0.05) is 175 Å². The van der Waals surface area contributed by atoms with Crippen molar-refractivity contribution in [1.29, 1.82) is 0 Å². The van der Waals surface area contributed by atoms with E-state index in [0.717, 1.165) is 66.8 Å². The first kappa shape index (κ1) is 37.9. The number of nitrogens with zero attached hydrogens (tertiary/aromatic N) is 7. The van der Waals surface area contributed by atoms with E-state index in [4.69, 9.17) is 29.9 Å². The highest BCUT2D eigenvalue weighted by Gasteiger charge is 2.18. The van der Waals surface area contributed by atoms with E-state index in [1.807, 2.05) is 79.0 Å². The van der Waals surface area contributed by atoms with Gasteiger partial charge >= 0.3 is 0 Å². The van der Waals surface area contributed by atoms with Gasteiger partial charge in [0.2, 0.25) is 0 Å². The molecule has 0 atom stereocenters. The lowest BCUT2D eigenvalue weighted by Crippen LogP contribution is -2.01. The topological polar surface area (TPSA) is 90.2 Å². The van der Waals surface area contributed by atoms with E-state index in [1.54, 1.807) is 6.20 Å². The van der Waals surface area contributed by atoms with E-state index in [9.17, 15) is 0 Å². The average Bonchev–Trinajstić information content (AvgIpc) is 3.35. The zero-order valence-corrected chi connectivity index (χ0v) is 34.2. The van der Waals surface area contributed by atoms with Crippen LogP contribution in [0.4, 0.5) is 0 Å². The zero-order chi connectivity index (χ0) is 41.8. The Kier molecular flexibility index (Phi) is 10.3. The lowest BCUT2D eigenvalue weighted by Gasteiger charge is -2.15. The Bertz CT molecular complexity index is 3030. The van der Waals surface area contributed by atoms with E-state index in [0.29, 0.717) is 34.9 Å². The molecule has 0 aliphatic carbocycles. The molecular formula is C55H39N7. The first-order chi connectivity index (χ1) is 30.5. The molecule has 10 aromatic rings. The van der Waals surface area contributed by atoms with Crippen LogP contribution in [0, 0.1) is 13.8 Å². The van der Waals surface area contributed by atoms with Crippen LogP contribution in [0.3, 0.4) is 0 Å².